The molecule has 2 N–H and O–H groups in total. The van der Waals surface area contributed by atoms with E-state index in [0.717, 1.165) is 17.7 Å². The second kappa shape index (κ2) is 13.2. The van der Waals surface area contributed by atoms with E-state index in [1.165, 1.54) is 19.0 Å². The van der Waals surface area contributed by atoms with Crippen molar-refractivity contribution in [2.45, 2.75) is 66.5 Å². The first-order valence-electron chi connectivity index (χ1n) is 10.1. The molecule has 4 nitrogen and oxygen atoms in total. The SMILES string of the molecule is CC=C=C(C)C(/C(=C\CC)NC)=C(\O)C(CC)CCN(C)/N=C(\CC)C(F)(F)F. The van der Waals surface area contributed by atoms with Gasteiger partial charge in [0, 0.05) is 43.4 Å². The summed E-state index contributed by atoms with van der Waals surface area (Å²) in [6.07, 6.45) is 1.10. The van der Waals surface area contributed by atoms with Crippen LogP contribution in [0.15, 0.2) is 45.6 Å². The number of aliphatic hydroxyl groups excluding tert-OH is 1. The number of alkyl halides is 3. The number of hydrazone groups is 1. The van der Waals surface area contributed by atoms with Crippen molar-refractivity contribution >= 4 is 5.71 Å². The average molecular weight is 416 g/mol. The van der Waals surface area contributed by atoms with Gasteiger partial charge in [0.2, 0.25) is 0 Å². The maximum absolute atomic E-state index is 12.9. The predicted molar refractivity (Wildman–Crippen MR) is 115 cm³/mol. The first kappa shape index (κ1) is 26.9. The van der Waals surface area contributed by atoms with Gasteiger partial charge in [-0.1, -0.05) is 26.8 Å². The standard InChI is InChI=1S/C22H36F3N3O/c1-8-12-16(5)20(18(26-6)13-9-2)21(29)17(10-3)14-15-28(7)27-19(11-4)22(23,24)25/h8,13,17,26,29H,9-11,14-15H2,1-7H3/b18-13+,21-20+,27-19+. The summed E-state index contributed by atoms with van der Waals surface area (Å²) in [6, 6.07) is 0. The van der Waals surface area contributed by atoms with Gasteiger partial charge in [0.1, 0.15) is 11.5 Å². The van der Waals surface area contributed by atoms with Crippen LogP contribution in [-0.4, -0.2) is 42.6 Å². The Labute approximate surface area is 173 Å². The fourth-order valence-electron chi connectivity index (χ4n) is 3.02. The van der Waals surface area contributed by atoms with Gasteiger partial charge in [0.25, 0.3) is 0 Å². The van der Waals surface area contributed by atoms with E-state index in [9.17, 15) is 18.3 Å². The van der Waals surface area contributed by atoms with Crippen LogP contribution in [0.1, 0.15) is 60.3 Å². The molecule has 0 aromatic rings. The van der Waals surface area contributed by atoms with Crippen LogP contribution in [0.25, 0.3) is 0 Å². The first-order valence-corrected chi connectivity index (χ1v) is 10.1. The lowest BCUT2D eigenvalue weighted by Gasteiger charge is -2.23. The van der Waals surface area contributed by atoms with E-state index in [1.54, 1.807) is 13.1 Å². The molecule has 0 saturated heterocycles. The summed E-state index contributed by atoms with van der Waals surface area (Å²) in [5, 5.41) is 19.2. The van der Waals surface area contributed by atoms with Crippen molar-refractivity contribution in [3.05, 3.63) is 40.5 Å². The van der Waals surface area contributed by atoms with Gasteiger partial charge in [-0.25, -0.2) is 0 Å². The summed E-state index contributed by atoms with van der Waals surface area (Å²) in [5.41, 5.74) is 4.63. The van der Waals surface area contributed by atoms with E-state index in [2.05, 4.69) is 16.1 Å². The maximum Gasteiger partial charge on any atom is 0.431 e. The van der Waals surface area contributed by atoms with Crippen LogP contribution in [0.5, 0.6) is 0 Å². The van der Waals surface area contributed by atoms with Crippen molar-refractivity contribution < 1.29 is 18.3 Å². The fourth-order valence-corrected chi connectivity index (χ4v) is 3.02. The van der Waals surface area contributed by atoms with Crippen molar-refractivity contribution in [1.82, 2.24) is 10.3 Å². The number of hydrogen-bond donors (Lipinski definition) is 2. The Kier molecular flexibility index (Phi) is 12.2. The molecule has 0 rings (SSSR count). The summed E-state index contributed by atoms with van der Waals surface area (Å²) in [6.45, 7) is 9.44. The molecule has 1 unspecified atom stereocenters. The number of hydrogen-bond acceptors (Lipinski definition) is 4. The molecule has 29 heavy (non-hydrogen) atoms. The van der Waals surface area contributed by atoms with Crippen LogP contribution in [0.3, 0.4) is 0 Å². The molecule has 7 heteroatoms. The third-order valence-electron chi connectivity index (χ3n) is 4.57. The van der Waals surface area contributed by atoms with Crippen LogP contribution in [0.2, 0.25) is 0 Å². The Balaban J connectivity index is 5.81. The molecule has 0 bridgehead atoms. The number of halogens is 3. The zero-order valence-electron chi connectivity index (χ0n) is 18.7. The van der Waals surface area contributed by atoms with E-state index in [-0.39, 0.29) is 18.1 Å². The molecular weight excluding hydrogens is 379 g/mol. The van der Waals surface area contributed by atoms with Gasteiger partial charge in [0.15, 0.2) is 0 Å². The molecule has 0 amide bonds. The highest BCUT2D eigenvalue weighted by atomic mass is 19.4. The van der Waals surface area contributed by atoms with E-state index >= 15 is 0 Å². The lowest BCUT2D eigenvalue weighted by molar-refractivity contribution is -0.0616. The molecular formula is C22H36F3N3O. The quantitative estimate of drug-likeness (QED) is 0.141. The Morgan fingerprint density at radius 1 is 1.28 bits per heavy atom. The Morgan fingerprint density at radius 2 is 1.90 bits per heavy atom. The minimum atomic E-state index is -4.43. The Morgan fingerprint density at radius 3 is 2.31 bits per heavy atom. The highest BCUT2D eigenvalue weighted by Gasteiger charge is 2.34. The van der Waals surface area contributed by atoms with Crippen LogP contribution in [0, 0.1) is 5.92 Å². The molecule has 0 spiro atoms. The summed E-state index contributed by atoms with van der Waals surface area (Å²) in [7, 11) is 3.32. The second-order valence-electron chi connectivity index (χ2n) is 6.77. The fraction of sp³-hybridized carbons (Fsp3) is 0.636. The van der Waals surface area contributed by atoms with Gasteiger partial charge >= 0.3 is 6.18 Å². The summed E-state index contributed by atoms with van der Waals surface area (Å²) in [4.78, 5) is 0. The van der Waals surface area contributed by atoms with Gasteiger partial charge in [-0.15, -0.1) is 5.73 Å². The molecule has 0 aromatic carbocycles. The number of nitrogens with one attached hydrogen (secondary N) is 1. The lowest BCUT2D eigenvalue weighted by Crippen LogP contribution is -2.27. The Bertz CT molecular complexity index is 669. The van der Waals surface area contributed by atoms with Crippen molar-refractivity contribution in [2.75, 3.05) is 20.6 Å². The molecule has 0 aliphatic carbocycles. The van der Waals surface area contributed by atoms with Crippen molar-refractivity contribution in [3.8, 4) is 0 Å². The minimum absolute atomic E-state index is 0.180. The summed E-state index contributed by atoms with van der Waals surface area (Å²) < 4.78 is 38.7. The van der Waals surface area contributed by atoms with Crippen LogP contribution in [-0.2, 0) is 0 Å². The van der Waals surface area contributed by atoms with E-state index in [4.69, 9.17) is 0 Å². The minimum Gasteiger partial charge on any atom is -0.511 e. The van der Waals surface area contributed by atoms with E-state index in [1.807, 2.05) is 33.8 Å². The molecule has 0 radical (unpaired) electrons. The molecule has 0 saturated carbocycles. The topological polar surface area (TPSA) is 47.9 Å². The van der Waals surface area contributed by atoms with Gasteiger partial charge in [0.05, 0.1) is 0 Å². The number of likely N-dealkylation sites (N-methyl/N-ethyl adjacent to an activating group) is 1. The Hall–Kier alpha value is -2.14. The highest BCUT2D eigenvalue weighted by molar-refractivity contribution is 5.89. The molecule has 0 fully saturated rings. The van der Waals surface area contributed by atoms with E-state index < -0.39 is 11.9 Å². The summed E-state index contributed by atoms with van der Waals surface area (Å²) in [5.74, 6) is 0.0122. The first-order chi connectivity index (χ1) is 13.6. The predicted octanol–water partition coefficient (Wildman–Crippen LogP) is 6.11. The van der Waals surface area contributed by atoms with Gasteiger partial charge in [-0.2, -0.15) is 18.3 Å². The van der Waals surface area contributed by atoms with Gasteiger partial charge in [-0.3, -0.25) is 5.01 Å². The number of nitrogens with zero attached hydrogens (tertiary/aromatic N) is 2. The van der Waals surface area contributed by atoms with E-state index in [0.29, 0.717) is 25.0 Å². The number of allylic oxidation sites excluding steroid dienone is 3. The largest absolute Gasteiger partial charge is 0.511 e. The summed E-state index contributed by atoms with van der Waals surface area (Å²) >= 11 is 0. The van der Waals surface area contributed by atoms with Crippen molar-refractivity contribution in [3.63, 3.8) is 0 Å². The molecule has 0 heterocycles. The monoisotopic (exact) mass is 415 g/mol. The number of aliphatic hydroxyl groups is 1. The molecule has 0 aliphatic heterocycles. The normalized spacial score (nSPS) is 14.7. The zero-order valence-corrected chi connectivity index (χ0v) is 18.7. The molecule has 0 aliphatic rings. The number of rotatable bonds is 11. The van der Waals surface area contributed by atoms with Crippen LogP contribution in [0.4, 0.5) is 13.2 Å². The van der Waals surface area contributed by atoms with Crippen molar-refractivity contribution in [1.29, 1.82) is 0 Å². The van der Waals surface area contributed by atoms with Crippen LogP contribution >= 0.6 is 0 Å². The zero-order chi connectivity index (χ0) is 22.6. The van der Waals surface area contributed by atoms with Gasteiger partial charge < -0.3 is 10.4 Å². The molecule has 1 atom stereocenters. The smallest absolute Gasteiger partial charge is 0.431 e. The molecule has 166 valence electrons. The average Bonchev–Trinajstić information content (AvgIpc) is 2.65. The molecule has 0 aromatic heterocycles. The second-order valence-corrected chi connectivity index (χ2v) is 6.77. The van der Waals surface area contributed by atoms with Crippen LogP contribution < -0.4 is 5.32 Å². The highest BCUT2D eigenvalue weighted by Crippen LogP contribution is 2.28. The third kappa shape index (κ3) is 8.82. The lowest BCUT2D eigenvalue weighted by atomic mass is 9.91. The maximum atomic E-state index is 12.9. The third-order valence-corrected chi connectivity index (χ3v) is 4.57. The van der Waals surface area contributed by atoms with Gasteiger partial charge in [-0.05, 0) is 45.6 Å². The van der Waals surface area contributed by atoms with Crippen molar-refractivity contribution in [2.24, 2.45) is 11.0 Å².